The molecule has 0 amide bonds. The quantitative estimate of drug-likeness (QED) is 0.727. The van der Waals surface area contributed by atoms with Gasteiger partial charge in [0.2, 0.25) is 0 Å². The number of hydrogen-bond donors (Lipinski definition) is 0. The predicted molar refractivity (Wildman–Crippen MR) is 76.0 cm³/mol. The van der Waals surface area contributed by atoms with Gasteiger partial charge in [-0.15, -0.1) is 0 Å². The van der Waals surface area contributed by atoms with Crippen molar-refractivity contribution in [3.05, 3.63) is 34.9 Å². The smallest absolute Gasteiger partial charge is 0.264 e. The minimum absolute atomic E-state index is 0.000426. The zero-order valence-corrected chi connectivity index (χ0v) is 12.9. The molecule has 1 aromatic rings. The Balaban J connectivity index is 2.65. The molecule has 19 heavy (non-hydrogen) atoms. The third-order valence-corrected chi connectivity index (χ3v) is 3.13. The van der Waals surface area contributed by atoms with Crippen LogP contribution in [0.25, 0.3) is 0 Å². The summed E-state index contributed by atoms with van der Waals surface area (Å²) in [6, 6.07) is 7.36. The first-order valence-corrected chi connectivity index (χ1v) is 8.20. The Hall–Kier alpha value is -0.620. The fourth-order valence-electron chi connectivity index (χ4n) is 1.61. The van der Waals surface area contributed by atoms with Gasteiger partial charge >= 0.3 is 0 Å². The van der Waals surface area contributed by atoms with Crippen LogP contribution in [0.4, 0.5) is 0 Å². The van der Waals surface area contributed by atoms with Crippen LogP contribution in [-0.2, 0) is 25.5 Å². The van der Waals surface area contributed by atoms with Crippen molar-refractivity contribution in [1.29, 1.82) is 0 Å². The van der Waals surface area contributed by atoms with Crippen LogP contribution in [0.5, 0.6) is 0 Å². The van der Waals surface area contributed by atoms with Gasteiger partial charge in [0.05, 0.1) is 25.1 Å². The van der Waals surface area contributed by atoms with Gasteiger partial charge in [0.1, 0.15) is 0 Å². The average Bonchev–Trinajstić information content (AvgIpc) is 2.27. The summed E-state index contributed by atoms with van der Waals surface area (Å²) in [7, 11) is -3.46. The molecule has 0 radical (unpaired) electrons. The molecule has 1 unspecified atom stereocenters. The minimum Gasteiger partial charge on any atom is -0.373 e. The maximum absolute atomic E-state index is 11.0. The van der Waals surface area contributed by atoms with Crippen molar-refractivity contribution in [2.45, 2.75) is 32.5 Å². The van der Waals surface area contributed by atoms with E-state index in [1.807, 2.05) is 26.0 Å². The highest BCUT2D eigenvalue weighted by molar-refractivity contribution is 7.85. The highest BCUT2D eigenvalue weighted by Crippen LogP contribution is 2.13. The lowest BCUT2D eigenvalue weighted by Gasteiger charge is -2.20. The van der Waals surface area contributed by atoms with Crippen molar-refractivity contribution in [1.82, 2.24) is 0 Å². The highest BCUT2D eigenvalue weighted by Gasteiger charge is 2.15. The van der Waals surface area contributed by atoms with Gasteiger partial charge in [-0.3, -0.25) is 4.18 Å². The summed E-state index contributed by atoms with van der Waals surface area (Å²) in [6.07, 6.45) is 1.29. The van der Waals surface area contributed by atoms with Crippen molar-refractivity contribution >= 4 is 21.7 Å². The molecule has 0 aliphatic carbocycles. The van der Waals surface area contributed by atoms with Gasteiger partial charge in [-0.1, -0.05) is 23.7 Å². The molecule has 0 saturated heterocycles. The molecule has 1 aromatic carbocycles. The first-order valence-electron chi connectivity index (χ1n) is 6.00. The van der Waals surface area contributed by atoms with Crippen LogP contribution in [0, 0.1) is 0 Å². The lowest BCUT2D eigenvalue weighted by Crippen LogP contribution is -2.27. The molecular weight excluding hydrogens is 288 g/mol. The lowest BCUT2D eigenvalue weighted by molar-refractivity contribution is -0.0152. The summed E-state index contributed by atoms with van der Waals surface area (Å²) in [6.45, 7) is 3.81. The number of ether oxygens (including phenoxy) is 1. The van der Waals surface area contributed by atoms with Gasteiger partial charge < -0.3 is 4.74 Å². The van der Waals surface area contributed by atoms with Crippen LogP contribution in [0.3, 0.4) is 0 Å². The fourth-order valence-corrected chi connectivity index (χ4v) is 2.14. The molecule has 0 saturated carbocycles. The Kier molecular flexibility index (Phi) is 6.26. The first kappa shape index (κ1) is 16.4. The van der Waals surface area contributed by atoms with Crippen molar-refractivity contribution in [2.24, 2.45) is 0 Å². The van der Waals surface area contributed by atoms with Crippen LogP contribution >= 0.6 is 11.6 Å². The zero-order valence-electron chi connectivity index (χ0n) is 11.3. The van der Waals surface area contributed by atoms with Crippen LogP contribution in [0.1, 0.15) is 19.4 Å². The van der Waals surface area contributed by atoms with E-state index in [9.17, 15) is 8.42 Å². The molecule has 0 spiro atoms. The largest absolute Gasteiger partial charge is 0.373 e. The Morgan fingerprint density at radius 2 is 1.79 bits per heavy atom. The van der Waals surface area contributed by atoms with Crippen LogP contribution in [0.15, 0.2) is 24.3 Å². The van der Waals surface area contributed by atoms with Crippen LogP contribution in [-0.4, -0.2) is 33.5 Å². The summed E-state index contributed by atoms with van der Waals surface area (Å²) >= 11 is 5.82. The maximum atomic E-state index is 11.0. The summed E-state index contributed by atoms with van der Waals surface area (Å²) in [5.74, 6) is 0. The second-order valence-corrected chi connectivity index (χ2v) is 6.71. The van der Waals surface area contributed by atoms with Gasteiger partial charge in [0, 0.05) is 11.4 Å². The average molecular weight is 307 g/mol. The molecule has 0 aromatic heterocycles. The third-order valence-electron chi connectivity index (χ3n) is 2.31. The number of halogens is 1. The van der Waals surface area contributed by atoms with Gasteiger partial charge in [0.25, 0.3) is 10.1 Å². The van der Waals surface area contributed by atoms with Crippen molar-refractivity contribution in [2.75, 3.05) is 12.9 Å². The van der Waals surface area contributed by atoms with Gasteiger partial charge in [-0.05, 0) is 31.5 Å². The van der Waals surface area contributed by atoms with Crippen molar-refractivity contribution < 1.29 is 17.3 Å². The van der Waals surface area contributed by atoms with E-state index in [1.54, 1.807) is 12.1 Å². The van der Waals surface area contributed by atoms with Gasteiger partial charge in [-0.2, -0.15) is 8.42 Å². The number of benzene rings is 1. The Bertz CT molecular complexity index is 482. The minimum atomic E-state index is -3.46. The van der Waals surface area contributed by atoms with Gasteiger partial charge in [-0.25, -0.2) is 0 Å². The van der Waals surface area contributed by atoms with Crippen molar-refractivity contribution in [3.63, 3.8) is 0 Å². The maximum Gasteiger partial charge on any atom is 0.264 e. The normalized spacial score (nSPS) is 13.7. The summed E-state index contributed by atoms with van der Waals surface area (Å²) in [4.78, 5) is 0. The first-order chi connectivity index (χ1) is 8.76. The number of rotatable bonds is 7. The highest BCUT2D eigenvalue weighted by atomic mass is 35.5. The topological polar surface area (TPSA) is 52.6 Å². The second-order valence-electron chi connectivity index (χ2n) is 4.63. The van der Waals surface area contributed by atoms with E-state index in [0.717, 1.165) is 11.8 Å². The molecule has 6 heteroatoms. The monoisotopic (exact) mass is 306 g/mol. The van der Waals surface area contributed by atoms with Crippen LogP contribution < -0.4 is 0 Å². The zero-order chi connectivity index (χ0) is 14.5. The SMILES string of the molecule is CC(C)OC(COS(C)(=O)=O)Cc1ccc(Cl)cc1. The van der Waals surface area contributed by atoms with Crippen LogP contribution in [0.2, 0.25) is 5.02 Å². The lowest BCUT2D eigenvalue weighted by atomic mass is 10.1. The summed E-state index contributed by atoms with van der Waals surface area (Å²) in [5, 5.41) is 0.664. The summed E-state index contributed by atoms with van der Waals surface area (Å²) < 4.78 is 32.5. The van der Waals surface area contributed by atoms with E-state index in [-0.39, 0.29) is 18.8 Å². The molecule has 4 nitrogen and oxygen atoms in total. The molecule has 108 valence electrons. The molecule has 0 heterocycles. The predicted octanol–water partition coefficient (Wildman–Crippen LogP) is 2.65. The molecule has 1 atom stereocenters. The van der Waals surface area contributed by atoms with E-state index < -0.39 is 10.1 Å². The summed E-state index contributed by atoms with van der Waals surface area (Å²) in [5.41, 5.74) is 1.02. The van der Waals surface area contributed by atoms with E-state index in [4.69, 9.17) is 20.5 Å². The third kappa shape index (κ3) is 7.52. The molecule has 0 aliphatic rings. The molecule has 0 aliphatic heterocycles. The fraction of sp³-hybridized carbons (Fsp3) is 0.538. The van der Waals surface area contributed by atoms with E-state index in [2.05, 4.69) is 0 Å². The molecule has 0 N–H and O–H groups in total. The molecule has 0 bridgehead atoms. The standard InChI is InChI=1S/C13H19ClO4S/c1-10(2)18-13(9-17-19(3,15)16)8-11-4-6-12(14)7-5-11/h4-7,10,13H,8-9H2,1-3H3. The Morgan fingerprint density at radius 3 is 2.26 bits per heavy atom. The molecular formula is C13H19ClO4S. The Morgan fingerprint density at radius 1 is 1.21 bits per heavy atom. The number of hydrogen-bond acceptors (Lipinski definition) is 4. The van der Waals surface area contributed by atoms with E-state index >= 15 is 0 Å². The van der Waals surface area contributed by atoms with Gasteiger partial charge in [0.15, 0.2) is 0 Å². The van der Waals surface area contributed by atoms with E-state index in [1.165, 1.54) is 0 Å². The molecule has 1 rings (SSSR count). The van der Waals surface area contributed by atoms with E-state index in [0.29, 0.717) is 11.4 Å². The van der Waals surface area contributed by atoms with Crippen molar-refractivity contribution in [3.8, 4) is 0 Å². The Labute approximate surface area is 119 Å². The second kappa shape index (κ2) is 7.24. The molecule has 0 fully saturated rings.